The second kappa shape index (κ2) is 12.9. The van der Waals surface area contributed by atoms with E-state index in [1.54, 1.807) is 0 Å². The second-order valence-electron chi connectivity index (χ2n) is 5.51. The van der Waals surface area contributed by atoms with Crippen LogP contribution in [0.25, 0.3) is 0 Å². The van der Waals surface area contributed by atoms with Crippen molar-refractivity contribution in [3.63, 3.8) is 0 Å². The minimum atomic E-state index is -0.553. The molecule has 1 atom stereocenters. The first kappa shape index (κ1) is 18.9. The van der Waals surface area contributed by atoms with Gasteiger partial charge in [0.25, 0.3) is 0 Å². The van der Waals surface area contributed by atoms with Crippen molar-refractivity contribution in [3.05, 3.63) is 12.7 Å². The van der Waals surface area contributed by atoms with Gasteiger partial charge in [0.1, 0.15) is 5.78 Å². The average molecular weight is 281 g/mol. The van der Waals surface area contributed by atoms with E-state index in [2.05, 4.69) is 13.5 Å². The molecule has 3 nitrogen and oxygen atoms in total. The molecule has 0 heterocycles. The third-order valence-electron chi connectivity index (χ3n) is 3.66. The van der Waals surface area contributed by atoms with Crippen molar-refractivity contribution in [2.75, 3.05) is 0 Å². The molecule has 0 saturated carbocycles. The average Bonchev–Trinajstić information content (AvgIpc) is 2.42. The smallest absolute Gasteiger partial charge is 0.227 e. The summed E-state index contributed by atoms with van der Waals surface area (Å²) in [4.78, 5) is 23.2. The van der Waals surface area contributed by atoms with Crippen LogP contribution in [0.1, 0.15) is 77.6 Å². The Morgan fingerprint density at radius 2 is 1.65 bits per heavy atom. The fourth-order valence-electron chi connectivity index (χ4n) is 2.34. The van der Waals surface area contributed by atoms with Gasteiger partial charge < -0.3 is 5.73 Å². The maximum absolute atomic E-state index is 12.0. The highest BCUT2D eigenvalue weighted by Gasteiger charge is 2.22. The fourth-order valence-corrected chi connectivity index (χ4v) is 2.34. The van der Waals surface area contributed by atoms with Gasteiger partial charge in [0.2, 0.25) is 5.91 Å². The molecule has 0 spiro atoms. The van der Waals surface area contributed by atoms with Gasteiger partial charge in [-0.3, -0.25) is 9.59 Å². The van der Waals surface area contributed by atoms with E-state index in [1.165, 1.54) is 25.7 Å². The summed E-state index contributed by atoms with van der Waals surface area (Å²) in [6.45, 7) is 5.75. The molecule has 20 heavy (non-hydrogen) atoms. The van der Waals surface area contributed by atoms with E-state index in [1.807, 2.05) is 6.08 Å². The van der Waals surface area contributed by atoms with E-state index in [9.17, 15) is 9.59 Å². The Morgan fingerprint density at radius 3 is 2.20 bits per heavy atom. The zero-order chi connectivity index (χ0) is 15.2. The predicted octanol–water partition coefficient (Wildman–Crippen LogP) is 4.15. The van der Waals surface area contributed by atoms with Gasteiger partial charge in [-0.2, -0.15) is 0 Å². The molecule has 0 saturated heterocycles. The number of hydrogen-bond acceptors (Lipinski definition) is 2. The molecule has 116 valence electrons. The number of ketones is 1. The number of carbonyl (C=O) groups excluding carboxylic acids is 2. The molecule has 0 aromatic heterocycles. The molecule has 0 rings (SSSR count). The van der Waals surface area contributed by atoms with Crippen molar-refractivity contribution in [2.45, 2.75) is 77.6 Å². The van der Waals surface area contributed by atoms with Crippen LogP contribution in [0.2, 0.25) is 0 Å². The highest BCUT2D eigenvalue weighted by atomic mass is 16.2. The van der Waals surface area contributed by atoms with Crippen LogP contribution in [0.15, 0.2) is 12.7 Å². The molecule has 0 aliphatic heterocycles. The van der Waals surface area contributed by atoms with Crippen LogP contribution in [-0.4, -0.2) is 11.7 Å². The first-order chi connectivity index (χ1) is 9.63. The molecular formula is C17H31NO2. The van der Waals surface area contributed by atoms with Crippen molar-refractivity contribution < 1.29 is 9.59 Å². The van der Waals surface area contributed by atoms with Gasteiger partial charge in [0.05, 0.1) is 5.92 Å². The molecule has 3 heteroatoms. The van der Waals surface area contributed by atoms with Crippen molar-refractivity contribution in [1.29, 1.82) is 0 Å². The Kier molecular flexibility index (Phi) is 12.2. The van der Waals surface area contributed by atoms with E-state index in [0.29, 0.717) is 12.8 Å². The SMILES string of the molecule is C=CCCCCCCCCC(=O)C(CCCC)C(N)=O. The number of allylic oxidation sites excluding steroid dienone is 1. The van der Waals surface area contributed by atoms with Crippen LogP contribution >= 0.6 is 0 Å². The van der Waals surface area contributed by atoms with E-state index in [4.69, 9.17) is 5.73 Å². The number of amides is 1. The Balaban J connectivity index is 3.68. The summed E-state index contributed by atoms with van der Waals surface area (Å²) in [7, 11) is 0. The molecule has 0 fully saturated rings. The number of carbonyl (C=O) groups is 2. The minimum absolute atomic E-state index is 0.0395. The maximum atomic E-state index is 12.0. The lowest BCUT2D eigenvalue weighted by Gasteiger charge is -2.11. The van der Waals surface area contributed by atoms with Gasteiger partial charge in [0.15, 0.2) is 0 Å². The number of nitrogens with two attached hydrogens (primary N) is 1. The standard InChI is InChI=1S/C17H31NO2/c1-3-5-7-8-9-10-11-12-14-16(19)15(17(18)20)13-6-4-2/h3,15H,1,4-14H2,2H3,(H2,18,20). The Hall–Kier alpha value is -1.12. The molecule has 0 radical (unpaired) electrons. The Bertz CT molecular complexity index is 287. The van der Waals surface area contributed by atoms with Gasteiger partial charge in [0, 0.05) is 6.42 Å². The molecule has 1 unspecified atom stereocenters. The monoisotopic (exact) mass is 281 g/mol. The van der Waals surface area contributed by atoms with Crippen LogP contribution in [-0.2, 0) is 9.59 Å². The van der Waals surface area contributed by atoms with Gasteiger partial charge in [-0.25, -0.2) is 0 Å². The third kappa shape index (κ3) is 9.76. The molecule has 0 aliphatic rings. The zero-order valence-electron chi connectivity index (χ0n) is 13.0. The third-order valence-corrected chi connectivity index (χ3v) is 3.66. The van der Waals surface area contributed by atoms with Crippen LogP contribution in [0.4, 0.5) is 0 Å². The summed E-state index contributed by atoms with van der Waals surface area (Å²) in [6, 6.07) is 0. The van der Waals surface area contributed by atoms with Crippen LogP contribution in [0, 0.1) is 5.92 Å². The topological polar surface area (TPSA) is 60.2 Å². The maximum Gasteiger partial charge on any atom is 0.227 e. The lowest BCUT2D eigenvalue weighted by Crippen LogP contribution is -2.30. The number of hydrogen-bond donors (Lipinski definition) is 1. The van der Waals surface area contributed by atoms with Gasteiger partial charge in [-0.15, -0.1) is 6.58 Å². The number of primary amides is 1. The predicted molar refractivity (Wildman–Crippen MR) is 84.3 cm³/mol. The van der Waals surface area contributed by atoms with E-state index >= 15 is 0 Å². The summed E-state index contributed by atoms with van der Waals surface area (Å²) >= 11 is 0. The Morgan fingerprint density at radius 1 is 1.05 bits per heavy atom. The van der Waals surface area contributed by atoms with Crippen LogP contribution in [0.3, 0.4) is 0 Å². The highest BCUT2D eigenvalue weighted by Crippen LogP contribution is 2.15. The van der Waals surface area contributed by atoms with Gasteiger partial charge in [-0.05, 0) is 25.7 Å². The number of unbranched alkanes of at least 4 members (excludes halogenated alkanes) is 7. The van der Waals surface area contributed by atoms with E-state index in [-0.39, 0.29) is 5.78 Å². The summed E-state index contributed by atoms with van der Waals surface area (Å²) in [5.74, 6) is -0.965. The molecule has 2 N–H and O–H groups in total. The first-order valence-corrected chi connectivity index (χ1v) is 8.06. The number of Topliss-reactive ketones (excluding diaryl/α,β-unsaturated/α-hetero) is 1. The quantitative estimate of drug-likeness (QED) is 0.295. The minimum Gasteiger partial charge on any atom is -0.369 e. The molecule has 1 amide bonds. The van der Waals surface area contributed by atoms with E-state index < -0.39 is 11.8 Å². The summed E-state index contributed by atoms with van der Waals surface area (Å²) < 4.78 is 0. The summed E-state index contributed by atoms with van der Waals surface area (Å²) in [5.41, 5.74) is 5.31. The molecule has 0 aromatic rings. The highest BCUT2D eigenvalue weighted by molar-refractivity contribution is 6.00. The summed E-state index contributed by atoms with van der Waals surface area (Å²) in [5, 5.41) is 0. The van der Waals surface area contributed by atoms with Crippen molar-refractivity contribution in [1.82, 2.24) is 0 Å². The molecule has 0 bridgehead atoms. The normalized spacial score (nSPS) is 12.1. The van der Waals surface area contributed by atoms with Crippen LogP contribution < -0.4 is 5.73 Å². The van der Waals surface area contributed by atoms with Crippen molar-refractivity contribution >= 4 is 11.7 Å². The zero-order valence-corrected chi connectivity index (χ0v) is 13.0. The van der Waals surface area contributed by atoms with Crippen molar-refractivity contribution in [3.8, 4) is 0 Å². The van der Waals surface area contributed by atoms with E-state index in [0.717, 1.165) is 32.1 Å². The Labute approximate surface area is 124 Å². The largest absolute Gasteiger partial charge is 0.369 e. The summed E-state index contributed by atoms with van der Waals surface area (Å²) in [6.07, 6.45) is 12.8. The van der Waals surface area contributed by atoms with Gasteiger partial charge in [-0.1, -0.05) is 51.5 Å². The first-order valence-electron chi connectivity index (χ1n) is 8.06. The second-order valence-corrected chi connectivity index (χ2v) is 5.51. The molecule has 0 aliphatic carbocycles. The lowest BCUT2D eigenvalue weighted by atomic mass is 9.93. The van der Waals surface area contributed by atoms with Crippen molar-refractivity contribution in [2.24, 2.45) is 11.7 Å². The molecular weight excluding hydrogens is 250 g/mol. The van der Waals surface area contributed by atoms with Gasteiger partial charge >= 0.3 is 0 Å². The lowest BCUT2D eigenvalue weighted by molar-refractivity contribution is -0.132. The fraction of sp³-hybridized carbons (Fsp3) is 0.765. The molecule has 0 aromatic carbocycles. The van der Waals surface area contributed by atoms with Crippen LogP contribution in [0.5, 0.6) is 0 Å². The number of rotatable bonds is 14.